The number of hydrogen-bond acceptors (Lipinski definition) is 3. The molecule has 0 fully saturated rings. The van der Waals surface area contributed by atoms with Gasteiger partial charge in [-0.15, -0.1) is 24.8 Å². The fourth-order valence-corrected chi connectivity index (χ4v) is 1.41. The van der Waals surface area contributed by atoms with Crippen molar-refractivity contribution in [2.45, 2.75) is 13.5 Å². The van der Waals surface area contributed by atoms with Gasteiger partial charge >= 0.3 is 0 Å². The molecule has 16 heavy (non-hydrogen) atoms. The summed E-state index contributed by atoms with van der Waals surface area (Å²) in [6.07, 6.45) is 0. The molecular formula is C11H21Cl2N3. The van der Waals surface area contributed by atoms with Gasteiger partial charge in [-0.2, -0.15) is 0 Å². The highest BCUT2D eigenvalue weighted by Crippen LogP contribution is 2.08. The molecule has 94 valence electrons. The van der Waals surface area contributed by atoms with Crippen LogP contribution < -0.4 is 11.3 Å². The highest BCUT2D eigenvalue weighted by Gasteiger charge is 2.01. The molecule has 0 unspecified atom stereocenters. The largest absolute Gasteiger partial charge is 0.301 e. The summed E-state index contributed by atoms with van der Waals surface area (Å²) in [5.74, 6) is 5.22. The summed E-state index contributed by atoms with van der Waals surface area (Å²) >= 11 is 0. The molecule has 0 aromatic heterocycles. The maximum atomic E-state index is 5.22. The second-order valence-electron chi connectivity index (χ2n) is 3.62. The standard InChI is InChI=1S/C11H19N3.2ClH/c1-10-5-3-4-6-11(10)9-14(2)8-7-13-12;;/h3-6,13H,7-9,12H2,1-2H3;2*1H. The van der Waals surface area contributed by atoms with Gasteiger partial charge in [-0.3, -0.25) is 11.3 Å². The Labute approximate surface area is 110 Å². The van der Waals surface area contributed by atoms with Gasteiger partial charge in [0.15, 0.2) is 0 Å². The molecule has 3 nitrogen and oxygen atoms in total. The molecule has 0 amide bonds. The van der Waals surface area contributed by atoms with Gasteiger partial charge in [0.05, 0.1) is 0 Å². The second-order valence-corrected chi connectivity index (χ2v) is 3.62. The van der Waals surface area contributed by atoms with E-state index in [2.05, 4.69) is 48.6 Å². The zero-order chi connectivity index (χ0) is 10.4. The van der Waals surface area contributed by atoms with E-state index in [1.807, 2.05) is 0 Å². The zero-order valence-electron chi connectivity index (χ0n) is 9.77. The average Bonchev–Trinajstić information content (AvgIpc) is 2.18. The lowest BCUT2D eigenvalue weighted by molar-refractivity contribution is 0.325. The van der Waals surface area contributed by atoms with Crippen LogP contribution in [0.25, 0.3) is 0 Å². The minimum Gasteiger partial charge on any atom is -0.301 e. The number of hydrazine groups is 1. The van der Waals surface area contributed by atoms with E-state index >= 15 is 0 Å². The maximum Gasteiger partial charge on any atom is 0.0233 e. The van der Waals surface area contributed by atoms with E-state index in [1.54, 1.807) is 0 Å². The van der Waals surface area contributed by atoms with Crippen LogP contribution in [-0.4, -0.2) is 25.0 Å². The molecule has 0 radical (unpaired) electrons. The van der Waals surface area contributed by atoms with Crippen molar-refractivity contribution in [3.8, 4) is 0 Å². The minimum absolute atomic E-state index is 0. The van der Waals surface area contributed by atoms with Gasteiger partial charge in [0.1, 0.15) is 0 Å². The molecule has 0 aliphatic heterocycles. The summed E-state index contributed by atoms with van der Waals surface area (Å²) in [5.41, 5.74) is 5.39. The first-order valence-electron chi connectivity index (χ1n) is 4.90. The summed E-state index contributed by atoms with van der Waals surface area (Å²) in [5, 5.41) is 0. The van der Waals surface area contributed by atoms with Crippen molar-refractivity contribution in [3.63, 3.8) is 0 Å². The molecule has 5 heteroatoms. The first-order chi connectivity index (χ1) is 6.74. The van der Waals surface area contributed by atoms with Crippen LogP contribution in [0, 0.1) is 6.92 Å². The third-order valence-corrected chi connectivity index (χ3v) is 2.34. The molecule has 1 aromatic carbocycles. The van der Waals surface area contributed by atoms with Crippen LogP contribution in [0.3, 0.4) is 0 Å². The maximum absolute atomic E-state index is 5.22. The molecule has 3 N–H and O–H groups in total. The Balaban J connectivity index is 0. The fraction of sp³-hybridized carbons (Fsp3) is 0.455. The number of nitrogens with zero attached hydrogens (tertiary/aromatic N) is 1. The Morgan fingerprint density at radius 3 is 2.44 bits per heavy atom. The van der Waals surface area contributed by atoms with Crippen molar-refractivity contribution in [1.82, 2.24) is 10.3 Å². The number of halogens is 2. The highest BCUT2D eigenvalue weighted by molar-refractivity contribution is 5.85. The van der Waals surface area contributed by atoms with Crippen LogP contribution in [0.2, 0.25) is 0 Å². The van der Waals surface area contributed by atoms with Crippen LogP contribution in [0.15, 0.2) is 24.3 Å². The lowest BCUT2D eigenvalue weighted by Crippen LogP contribution is -2.32. The van der Waals surface area contributed by atoms with Gasteiger partial charge in [-0.05, 0) is 25.1 Å². The number of likely N-dealkylation sites (N-methyl/N-ethyl adjacent to an activating group) is 1. The zero-order valence-corrected chi connectivity index (χ0v) is 11.4. The van der Waals surface area contributed by atoms with E-state index in [4.69, 9.17) is 5.84 Å². The summed E-state index contributed by atoms with van der Waals surface area (Å²) in [4.78, 5) is 2.25. The van der Waals surface area contributed by atoms with E-state index in [9.17, 15) is 0 Å². The average molecular weight is 266 g/mol. The van der Waals surface area contributed by atoms with Crippen molar-refractivity contribution in [1.29, 1.82) is 0 Å². The Morgan fingerprint density at radius 2 is 1.88 bits per heavy atom. The van der Waals surface area contributed by atoms with E-state index in [1.165, 1.54) is 11.1 Å². The predicted octanol–water partition coefficient (Wildman–Crippen LogP) is 1.73. The summed E-state index contributed by atoms with van der Waals surface area (Å²) in [6, 6.07) is 8.46. The van der Waals surface area contributed by atoms with Crippen LogP contribution in [0.1, 0.15) is 11.1 Å². The second kappa shape index (κ2) is 9.87. The van der Waals surface area contributed by atoms with E-state index in [0.29, 0.717) is 0 Å². The molecule has 1 rings (SSSR count). The van der Waals surface area contributed by atoms with Gasteiger partial charge in [0.2, 0.25) is 0 Å². The third-order valence-electron chi connectivity index (χ3n) is 2.34. The molecule has 0 atom stereocenters. The van der Waals surface area contributed by atoms with Crippen LogP contribution in [-0.2, 0) is 6.54 Å². The lowest BCUT2D eigenvalue weighted by atomic mass is 10.1. The number of benzene rings is 1. The van der Waals surface area contributed by atoms with Gasteiger partial charge in [-0.1, -0.05) is 24.3 Å². The molecule has 0 aliphatic carbocycles. The molecule has 0 saturated carbocycles. The molecule has 1 aromatic rings. The van der Waals surface area contributed by atoms with Crippen LogP contribution in [0.5, 0.6) is 0 Å². The van der Waals surface area contributed by atoms with Crippen molar-refractivity contribution < 1.29 is 0 Å². The van der Waals surface area contributed by atoms with Crippen molar-refractivity contribution in [2.24, 2.45) is 5.84 Å². The monoisotopic (exact) mass is 265 g/mol. The molecule has 0 bridgehead atoms. The smallest absolute Gasteiger partial charge is 0.0233 e. The van der Waals surface area contributed by atoms with Gasteiger partial charge in [0.25, 0.3) is 0 Å². The fourth-order valence-electron chi connectivity index (χ4n) is 1.41. The molecule has 0 heterocycles. The summed E-state index contributed by atoms with van der Waals surface area (Å²) in [6.45, 7) is 4.91. The Bertz CT molecular complexity index is 282. The number of nitrogens with two attached hydrogens (primary N) is 1. The summed E-state index contributed by atoms with van der Waals surface area (Å²) in [7, 11) is 2.10. The van der Waals surface area contributed by atoms with Gasteiger partial charge in [0, 0.05) is 19.6 Å². The van der Waals surface area contributed by atoms with E-state index < -0.39 is 0 Å². The van der Waals surface area contributed by atoms with Crippen molar-refractivity contribution in [2.75, 3.05) is 20.1 Å². The van der Waals surface area contributed by atoms with Gasteiger partial charge in [-0.25, -0.2) is 0 Å². The van der Waals surface area contributed by atoms with E-state index in [-0.39, 0.29) is 24.8 Å². The Kier molecular flexibility index (Phi) is 11.1. The topological polar surface area (TPSA) is 41.3 Å². The van der Waals surface area contributed by atoms with Crippen molar-refractivity contribution in [3.05, 3.63) is 35.4 Å². The molecule has 0 spiro atoms. The molecular weight excluding hydrogens is 245 g/mol. The molecule has 0 saturated heterocycles. The lowest BCUT2D eigenvalue weighted by Gasteiger charge is -2.17. The normalized spacial score (nSPS) is 9.50. The third kappa shape index (κ3) is 6.30. The summed E-state index contributed by atoms with van der Waals surface area (Å²) < 4.78 is 0. The first-order valence-corrected chi connectivity index (χ1v) is 4.90. The minimum atomic E-state index is 0. The van der Waals surface area contributed by atoms with Crippen LogP contribution in [0.4, 0.5) is 0 Å². The Hall–Kier alpha value is -0.320. The van der Waals surface area contributed by atoms with Gasteiger partial charge < -0.3 is 4.90 Å². The first kappa shape index (κ1) is 18.1. The number of nitrogens with one attached hydrogen (secondary N) is 1. The van der Waals surface area contributed by atoms with E-state index in [0.717, 1.165) is 19.6 Å². The van der Waals surface area contributed by atoms with Crippen molar-refractivity contribution >= 4 is 24.8 Å². The SMILES string of the molecule is Cc1ccccc1CN(C)CCNN.Cl.Cl. The highest BCUT2D eigenvalue weighted by atomic mass is 35.5. The quantitative estimate of drug-likeness (QED) is 0.630. The van der Waals surface area contributed by atoms with Crippen LogP contribution >= 0.6 is 24.8 Å². The number of rotatable bonds is 5. The predicted molar refractivity (Wildman–Crippen MR) is 74.2 cm³/mol. The number of aryl methyl sites for hydroxylation is 1. The molecule has 0 aliphatic rings. The Morgan fingerprint density at radius 1 is 1.25 bits per heavy atom. The number of hydrogen-bond donors (Lipinski definition) is 2.